The van der Waals surface area contributed by atoms with E-state index in [0.29, 0.717) is 0 Å². The molecular weight excluding hydrogens is 1470 g/mol. The van der Waals surface area contributed by atoms with Crippen molar-refractivity contribution in [3.8, 4) is 100 Å². The van der Waals surface area contributed by atoms with Crippen LogP contribution in [-0.2, 0) is 0 Å². The fraction of sp³-hybridized carbons (Fsp3) is 0.0357. The van der Waals surface area contributed by atoms with Gasteiger partial charge in [-0.2, -0.15) is 0 Å². The minimum Gasteiger partial charge on any atom is -0.308 e. The molecule has 24 aromatic rings. The third kappa shape index (κ3) is 11.5. The van der Waals surface area contributed by atoms with Crippen molar-refractivity contribution in [3.05, 3.63) is 415 Å². The normalized spacial score (nSPS) is 11.8. The molecule has 4 heteroatoms. The lowest BCUT2D eigenvalue weighted by atomic mass is 9.93. The lowest BCUT2D eigenvalue weighted by Crippen LogP contribution is -1.88. The molecule has 0 aliphatic heterocycles. The Bertz CT molecular complexity index is 7970. The predicted octanol–water partition coefficient (Wildman–Crippen LogP) is 31.5. The van der Waals surface area contributed by atoms with Gasteiger partial charge in [0.25, 0.3) is 0 Å². The van der Waals surface area contributed by atoms with Crippen LogP contribution in [0.15, 0.2) is 393 Å². The van der Waals surface area contributed by atoms with Crippen LogP contribution in [0.4, 0.5) is 0 Å². The maximum atomic E-state index is 3.68. The molecule has 0 aliphatic rings. The van der Waals surface area contributed by atoms with E-state index in [1.807, 2.05) is 0 Å². The van der Waals surface area contributed by atoms with Gasteiger partial charge in [0.1, 0.15) is 0 Å². The molecule has 0 atom stereocenters. The molecule has 24 rings (SSSR count). The van der Waals surface area contributed by atoms with Gasteiger partial charge in [-0.3, -0.25) is 0 Å². The van der Waals surface area contributed by atoms with Crippen molar-refractivity contribution in [1.82, 2.24) is 13.2 Å². The Morgan fingerprint density at radius 1 is 0.164 bits per heavy atom. The van der Waals surface area contributed by atoms with Gasteiger partial charge in [0.05, 0.1) is 49.7 Å². The van der Waals surface area contributed by atoms with Gasteiger partial charge in [0, 0.05) is 69.1 Å². The van der Waals surface area contributed by atoms with E-state index in [2.05, 4.69) is 445 Å². The number of fused-ring (bicyclic) bond motifs is 18. The van der Waals surface area contributed by atoms with Gasteiger partial charge in [0.15, 0.2) is 0 Å². The second-order valence-electron chi connectivity index (χ2n) is 31.5. The second-order valence-corrected chi connectivity index (χ2v) is 32.5. The lowest BCUT2D eigenvalue weighted by molar-refractivity contribution is 1.36. The molecule has 0 aliphatic carbocycles. The van der Waals surface area contributed by atoms with Crippen molar-refractivity contribution in [2.45, 2.75) is 27.7 Å². The Morgan fingerprint density at radius 3 is 0.819 bits per heavy atom. The summed E-state index contributed by atoms with van der Waals surface area (Å²) in [6.45, 7) is 8.81. The highest BCUT2D eigenvalue weighted by Gasteiger charge is 2.23. The van der Waals surface area contributed by atoms with Gasteiger partial charge in [0.2, 0.25) is 0 Å². The minimum atomic E-state index is 1.14. The summed E-state index contributed by atoms with van der Waals surface area (Å²) in [5.74, 6) is 0. The zero-order valence-corrected chi connectivity index (χ0v) is 66.3. The smallest absolute Gasteiger partial charge is 0.0621 e. The van der Waals surface area contributed by atoms with Crippen LogP contribution in [-0.4, -0.2) is 13.2 Å². The van der Waals surface area contributed by atoms with Gasteiger partial charge < -0.3 is 13.2 Å². The van der Waals surface area contributed by atoms with Gasteiger partial charge in [-0.1, -0.05) is 294 Å². The first-order valence-corrected chi connectivity index (χ1v) is 40.9. The summed E-state index contributed by atoms with van der Waals surface area (Å²) >= 11 is 3.68. The summed E-state index contributed by atoms with van der Waals surface area (Å²) in [4.78, 5) is 0. The molecule has 0 fully saturated rings. The Morgan fingerprint density at radius 2 is 0.414 bits per heavy atom. The molecule has 0 saturated carbocycles. The highest BCUT2D eigenvalue weighted by Crippen LogP contribution is 2.46. The van der Waals surface area contributed by atoms with Crippen LogP contribution in [0.25, 0.3) is 214 Å². The third-order valence-electron chi connectivity index (χ3n) is 24.3. The maximum Gasteiger partial charge on any atom is 0.0621 e. The molecule has 6 aromatic heterocycles. The monoisotopic (exact) mass is 1540 g/mol. The van der Waals surface area contributed by atoms with Crippen molar-refractivity contribution in [2.75, 3.05) is 0 Å². The number of halogens is 1. The summed E-state index contributed by atoms with van der Waals surface area (Å²) in [6, 6.07) is 142. The summed E-state index contributed by atoms with van der Waals surface area (Å²) in [6.07, 6.45) is 0. The standard InChI is InChI=1S/C50H35N.C43H29N.C19H12BrN/c1-32-26-46-44-16-6-7-17-48(44)51-49-25-23-42(31-45(49)47(27-32)50(46)51)43-24-22-41(28-33(43)2)40-15-9-14-39(30-40)38-13-8-12-37(29-38)36-20-18-35(19-21-36)34-10-4-3-5-11-34;1-28-23-39-37-15-5-6-16-41(37)44-42-22-21-36(27-38(42)40(24-28)43(39)44)35-14-8-13-34(26-35)33-12-7-11-32(25-33)31-19-17-30(18-20-31)29-9-3-2-4-10-29;1-11-6-7-18-14(8-11)16-10-12(20)9-15-13-4-2-3-5-17(13)21(18)19(15)16/h3-31H,1-2H3;2-27H,1H3;2-10H,1H3. The van der Waals surface area contributed by atoms with E-state index in [1.165, 1.54) is 237 Å². The van der Waals surface area contributed by atoms with Crippen molar-refractivity contribution in [3.63, 3.8) is 0 Å². The Kier molecular flexibility index (Phi) is 16.3. The minimum absolute atomic E-state index is 1.14. The number of nitrogens with zero attached hydrogens (tertiary/aromatic N) is 3. The van der Waals surface area contributed by atoms with Crippen molar-refractivity contribution >= 4 is 130 Å². The van der Waals surface area contributed by atoms with Gasteiger partial charge in [-0.25, -0.2) is 0 Å². The van der Waals surface area contributed by atoms with E-state index < -0.39 is 0 Å². The Labute approximate surface area is 681 Å². The van der Waals surface area contributed by atoms with E-state index in [9.17, 15) is 0 Å². The Hall–Kier alpha value is -14.2. The highest BCUT2D eigenvalue weighted by atomic mass is 79.9. The first kappa shape index (κ1) is 68.6. The van der Waals surface area contributed by atoms with E-state index in [-0.39, 0.29) is 0 Å². The molecule has 6 heterocycles. The molecule has 0 spiro atoms. The fourth-order valence-electron chi connectivity index (χ4n) is 18.9. The molecule has 0 saturated heterocycles. The fourth-order valence-corrected chi connectivity index (χ4v) is 19.3. The van der Waals surface area contributed by atoms with Crippen LogP contribution in [0.2, 0.25) is 0 Å². The van der Waals surface area contributed by atoms with Crippen LogP contribution in [0.1, 0.15) is 22.3 Å². The van der Waals surface area contributed by atoms with Crippen molar-refractivity contribution in [2.24, 2.45) is 0 Å². The van der Waals surface area contributed by atoms with Crippen LogP contribution in [0, 0.1) is 27.7 Å². The maximum absolute atomic E-state index is 3.68. The molecule has 0 unspecified atom stereocenters. The number of rotatable bonds is 9. The van der Waals surface area contributed by atoms with Gasteiger partial charge >= 0.3 is 0 Å². The van der Waals surface area contributed by atoms with Crippen LogP contribution in [0.5, 0.6) is 0 Å². The molecule has 0 amide bonds. The topological polar surface area (TPSA) is 13.2 Å². The third-order valence-corrected chi connectivity index (χ3v) is 24.7. The number of hydrogen-bond donors (Lipinski definition) is 0. The van der Waals surface area contributed by atoms with E-state index in [4.69, 9.17) is 0 Å². The summed E-state index contributed by atoms with van der Waals surface area (Å²) < 4.78 is 8.45. The van der Waals surface area contributed by atoms with E-state index in [0.717, 1.165) is 4.47 Å². The first-order chi connectivity index (χ1) is 57.0. The summed E-state index contributed by atoms with van der Waals surface area (Å²) in [5, 5.41) is 15.9. The molecule has 546 valence electrons. The molecular formula is C112H76BrN3. The molecule has 0 radical (unpaired) electrons. The molecule has 18 aromatic carbocycles. The largest absolute Gasteiger partial charge is 0.308 e. The molecule has 3 nitrogen and oxygen atoms in total. The number of para-hydroxylation sites is 3. The van der Waals surface area contributed by atoms with Crippen molar-refractivity contribution in [1.29, 1.82) is 0 Å². The Balaban J connectivity index is 0.000000114. The zero-order chi connectivity index (χ0) is 77.4. The number of hydrogen-bond acceptors (Lipinski definition) is 0. The van der Waals surface area contributed by atoms with Crippen molar-refractivity contribution < 1.29 is 0 Å². The number of benzene rings is 18. The average Bonchev–Trinajstić information content (AvgIpc) is 1.56. The van der Waals surface area contributed by atoms with Gasteiger partial charge in [-0.15, -0.1) is 0 Å². The second kappa shape index (κ2) is 27.6. The number of aromatic nitrogens is 3. The molecule has 116 heavy (non-hydrogen) atoms. The summed E-state index contributed by atoms with van der Waals surface area (Å²) in [5.41, 5.74) is 39.0. The SMILES string of the molecule is Cc1cc2c3ccccc3n3c4ccc(-c5ccc(-c6cccc(-c7cccc(-c8ccc(-c9ccccc9)cc8)c7)c6)cc5C)cc4c(c1)c23.Cc1cc2c3ccccc3n3c4ccc(-c5cccc(-c6cccc(-c7ccc(-c8ccccc8)cc7)c6)c5)cc4c(c1)c23.Cc1ccc2c(c1)c1cc(Br)cc3c4ccccc4n2c31. The van der Waals surface area contributed by atoms with Crippen LogP contribution >= 0.6 is 15.9 Å². The molecule has 0 N–H and O–H groups in total. The highest BCUT2D eigenvalue weighted by molar-refractivity contribution is 9.10. The van der Waals surface area contributed by atoms with Crippen LogP contribution in [0.3, 0.4) is 0 Å². The summed E-state index contributed by atoms with van der Waals surface area (Å²) in [7, 11) is 0. The molecule has 0 bridgehead atoms. The first-order valence-electron chi connectivity index (χ1n) is 40.1. The van der Waals surface area contributed by atoms with E-state index >= 15 is 0 Å². The zero-order valence-electron chi connectivity index (χ0n) is 64.7. The quantitative estimate of drug-likeness (QED) is 0.137. The lowest BCUT2D eigenvalue weighted by Gasteiger charge is -2.12. The number of aryl methyl sites for hydroxylation is 4. The predicted molar refractivity (Wildman–Crippen MR) is 499 cm³/mol. The van der Waals surface area contributed by atoms with Crippen LogP contribution < -0.4 is 0 Å². The van der Waals surface area contributed by atoms with Gasteiger partial charge in [-0.05, 0) is 260 Å². The average molecular weight is 1540 g/mol. The van der Waals surface area contributed by atoms with E-state index in [1.54, 1.807) is 0 Å².